The van der Waals surface area contributed by atoms with E-state index in [2.05, 4.69) is 47.8 Å². The first-order valence-electron chi connectivity index (χ1n) is 9.86. The Kier molecular flexibility index (Phi) is 7.11. The molecule has 0 bridgehead atoms. The molecular formula is C19H38N4O2. The summed E-state index contributed by atoms with van der Waals surface area (Å²) >= 11 is 0. The maximum Gasteiger partial charge on any atom is 0.407 e. The van der Waals surface area contributed by atoms with Crippen LogP contribution >= 0.6 is 0 Å². The van der Waals surface area contributed by atoms with E-state index < -0.39 is 0 Å². The number of likely N-dealkylation sites (N-methyl/N-ethyl adjacent to an activating group) is 1. The normalized spacial score (nSPS) is 26.2. The summed E-state index contributed by atoms with van der Waals surface area (Å²) in [5.41, 5.74) is -0.174. The van der Waals surface area contributed by atoms with Crippen molar-refractivity contribution in [2.45, 2.75) is 71.2 Å². The zero-order valence-electron chi connectivity index (χ0n) is 17.0. The van der Waals surface area contributed by atoms with Gasteiger partial charge in [-0.15, -0.1) is 0 Å². The number of alkyl carbamates (subject to hydrolysis) is 1. The number of ether oxygens (including phenoxy) is 1. The number of likely N-dealkylation sites (tertiary alicyclic amines) is 1. The molecule has 6 heteroatoms. The summed E-state index contributed by atoms with van der Waals surface area (Å²) in [5.74, 6) is 0. The summed E-state index contributed by atoms with van der Waals surface area (Å²) in [6.07, 6.45) is 1.62. The van der Waals surface area contributed by atoms with E-state index >= 15 is 0 Å². The lowest BCUT2D eigenvalue weighted by atomic mass is 9.86. The third kappa shape index (κ3) is 5.83. The van der Waals surface area contributed by atoms with Crippen molar-refractivity contribution >= 4 is 6.09 Å². The molecule has 2 heterocycles. The van der Waals surface area contributed by atoms with Crippen LogP contribution in [0.4, 0.5) is 4.79 Å². The van der Waals surface area contributed by atoms with Gasteiger partial charge in [-0.25, -0.2) is 4.79 Å². The van der Waals surface area contributed by atoms with Crippen LogP contribution in [0.2, 0.25) is 0 Å². The Labute approximate surface area is 153 Å². The van der Waals surface area contributed by atoms with Crippen LogP contribution in [0.1, 0.15) is 47.5 Å². The maximum absolute atomic E-state index is 12.3. The van der Waals surface area contributed by atoms with Gasteiger partial charge in [0.15, 0.2) is 0 Å². The molecule has 146 valence electrons. The SMILES string of the molecule is CC(C)OC(=O)NC1(CN2CCN(C)C(C)C2)CCN(C(C)C)CC1. The van der Waals surface area contributed by atoms with E-state index in [0.29, 0.717) is 12.1 Å². The Bertz CT molecular complexity index is 433. The van der Waals surface area contributed by atoms with Crippen LogP contribution in [-0.4, -0.2) is 90.8 Å². The monoisotopic (exact) mass is 354 g/mol. The Hall–Kier alpha value is -0.850. The lowest BCUT2D eigenvalue weighted by Gasteiger charge is -2.47. The van der Waals surface area contributed by atoms with Crippen molar-refractivity contribution in [3.05, 3.63) is 0 Å². The summed E-state index contributed by atoms with van der Waals surface area (Å²) in [6.45, 7) is 16.8. The van der Waals surface area contributed by atoms with E-state index in [-0.39, 0.29) is 17.7 Å². The Morgan fingerprint density at radius 3 is 2.32 bits per heavy atom. The number of piperazine rings is 1. The highest BCUT2D eigenvalue weighted by Crippen LogP contribution is 2.26. The summed E-state index contributed by atoms with van der Waals surface area (Å²) in [4.78, 5) is 19.8. The molecule has 0 aliphatic carbocycles. The second-order valence-electron chi connectivity index (χ2n) is 8.55. The molecule has 2 saturated heterocycles. The van der Waals surface area contributed by atoms with Crippen molar-refractivity contribution in [1.29, 1.82) is 0 Å². The van der Waals surface area contributed by atoms with Crippen LogP contribution in [0.15, 0.2) is 0 Å². The van der Waals surface area contributed by atoms with Crippen LogP contribution in [0, 0.1) is 0 Å². The molecule has 1 unspecified atom stereocenters. The number of amides is 1. The van der Waals surface area contributed by atoms with Gasteiger partial charge in [-0.2, -0.15) is 0 Å². The summed E-state index contributed by atoms with van der Waals surface area (Å²) in [5, 5.41) is 3.25. The van der Waals surface area contributed by atoms with Gasteiger partial charge >= 0.3 is 6.09 Å². The molecule has 0 saturated carbocycles. The van der Waals surface area contributed by atoms with Gasteiger partial charge in [0.05, 0.1) is 11.6 Å². The second-order valence-corrected chi connectivity index (χ2v) is 8.55. The largest absolute Gasteiger partial charge is 0.447 e. The van der Waals surface area contributed by atoms with Gasteiger partial charge < -0.3 is 19.9 Å². The number of piperidine rings is 1. The minimum Gasteiger partial charge on any atom is -0.447 e. The average molecular weight is 355 g/mol. The van der Waals surface area contributed by atoms with Crippen molar-refractivity contribution in [2.75, 3.05) is 46.3 Å². The predicted molar refractivity (Wildman–Crippen MR) is 102 cm³/mol. The predicted octanol–water partition coefficient (Wildman–Crippen LogP) is 2.00. The standard InChI is InChI=1S/C19H38N4O2/c1-15(2)23-9-7-19(8-10-23,20-18(24)25-16(3)4)14-22-12-11-21(6)17(5)13-22/h15-17H,7-14H2,1-6H3,(H,20,24). The number of carbonyl (C=O) groups excluding carboxylic acids is 1. The Morgan fingerprint density at radius 2 is 1.80 bits per heavy atom. The summed E-state index contributed by atoms with van der Waals surface area (Å²) in [6, 6.07) is 1.12. The number of nitrogens with zero attached hydrogens (tertiary/aromatic N) is 3. The third-order valence-corrected chi connectivity index (χ3v) is 5.77. The molecule has 0 aromatic carbocycles. The van der Waals surface area contributed by atoms with Gasteiger partial charge in [0, 0.05) is 51.4 Å². The van der Waals surface area contributed by atoms with E-state index in [1.54, 1.807) is 0 Å². The number of nitrogens with one attached hydrogen (secondary N) is 1. The van der Waals surface area contributed by atoms with Crippen molar-refractivity contribution < 1.29 is 9.53 Å². The first-order chi connectivity index (χ1) is 11.7. The molecule has 0 aromatic rings. The molecule has 25 heavy (non-hydrogen) atoms. The van der Waals surface area contributed by atoms with E-state index in [4.69, 9.17) is 4.74 Å². The third-order valence-electron chi connectivity index (χ3n) is 5.77. The number of hydrogen-bond acceptors (Lipinski definition) is 5. The van der Waals surface area contributed by atoms with E-state index in [9.17, 15) is 4.79 Å². The Morgan fingerprint density at radius 1 is 1.16 bits per heavy atom. The average Bonchev–Trinajstić information content (AvgIpc) is 2.50. The molecule has 1 amide bonds. The molecule has 0 aromatic heterocycles. The molecule has 1 atom stereocenters. The van der Waals surface area contributed by atoms with Crippen LogP contribution < -0.4 is 5.32 Å². The molecule has 2 aliphatic heterocycles. The zero-order chi connectivity index (χ0) is 18.6. The van der Waals surface area contributed by atoms with Gasteiger partial charge in [-0.05, 0) is 54.5 Å². The molecule has 0 radical (unpaired) electrons. The fourth-order valence-corrected chi connectivity index (χ4v) is 3.95. The van der Waals surface area contributed by atoms with Gasteiger partial charge in [-0.3, -0.25) is 4.90 Å². The number of hydrogen-bond donors (Lipinski definition) is 1. The quantitative estimate of drug-likeness (QED) is 0.818. The van der Waals surface area contributed by atoms with E-state index in [1.165, 1.54) is 0 Å². The molecule has 2 aliphatic rings. The lowest BCUT2D eigenvalue weighted by Crippen LogP contribution is -2.63. The smallest absolute Gasteiger partial charge is 0.407 e. The highest BCUT2D eigenvalue weighted by atomic mass is 16.6. The second kappa shape index (κ2) is 8.69. The van der Waals surface area contributed by atoms with Crippen LogP contribution in [0.5, 0.6) is 0 Å². The van der Waals surface area contributed by atoms with Crippen molar-refractivity contribution in [1.82, 2.24) is 20.0 Å². The highest BCUT2D eigenvalue weighted by Gasteiger charge is 2.39. The van der Waals surface area contributed by atoms with Crippen LogP contribution in [0.25, 0.3) is 0 Å². The fraction of sp³-hybridized carbons (Fsp3) is 0.947. The first kappa shape index (κ1) is 20.5. The van der Waals surface area contributed by atoms with Crippen molar-refractivity contribution in [3.63, 3.8) is 0 Å². The molecule has 6 nitrogen and oxygen atoms in total. The molecule has 2 rings (SSSR count). The molecule has 0 spiro atoms. The summed E-state index contributed by atoms with van der Waals surface area (Å²) in [7, 11) is 2.19. The van der Waals surface area contributed by atoms with Gasteiger partial charge in [0.2, 0.25) is 0 Å². The minimum absolute atomic E-state index is 0.0866. The summed E-state index contributed by atoms with van der Waals surface area (Å²) < 4.78 is 5.39. The first-order valence-corrected chi connectivity index (χ1v) is 9.86. The van der Waals surface area contributed by atoms with E-state index in [1.807, 2.05) is 13.8 Å². The molecule has 1 N–H and O–H groups in total. The topological polar surface area (TPSA) is 48.1 Å². The van der Waals surface area contributed by atoms with Gasteiger partial charge in [0.1, 0.15) is 0 Å². The zero-order valence-corrected chi connectivity index (χ0v) is 17.0. The molecular weight excluding hydrogens is 316 g/mol. The number of rotatable bonds is 5. The van der Waals surface area contributed by atoms with Gasteiger partial charge in [-0.1, -0.05) is 0 Å². The highest BCUT2D eigenvalue weighted by molar-refractivity contribution is 5.68. The van der Waals surface area contributed by atoms with Gasteiger partial charge in [0.25, 0.3) is 0 Å². The molecule has 2 fully saturated rings. The number of carbonyl (C=O) groups is 1. The fourth-order valence-electron chi connectivity index (χ4n) is 3.95. The van der Waals surface area contributed by atoms with Crippen LogP contribution in [0.3, 0.4) is 0 Å². The Balaban J connectivity index is 2.03. The van der Waals surface area contributed by atoms with E-state index in [0.717, 1.165) is 52.1 Å². The van der Waals surface area contributed by atoms with Crippen molar-refractivity contribution in [2.24, 2.45) is 0 Å². The lowest BCUT2D eigenvalue weighted by molar-refractivity contribution is 0.0372. The van der Waals surface area contributed by atoms with Crippen LogP contribution in [-0.2, 0) is 4.74 Å². The minimum atomic E-state index is -0.268. The van der Waals surface area contributed by atoms with Crippen molar-refractivity contribution in [3.8, 4) is 0 Å². The maximum atomic E-state index is 12.3.